The first-order valence-corrected chi connectivity index (χ1v) is 3.93. The first-order chi connectivity index (χ1) is 5.74. The molecule has 1 rings (SSSR count). The van der Waals surface area contributed by atoms with E-state index in [-0.39, 0.29) is 12.5 Å². The number of imide groups is 1. The highest BCUT2D eigenvalue weighted by molar-refractivity contribution is 6.04. The predicted octanol–water partition coefficient (Wildman–Crippen LogP) is -0.379. The second kappa shape index (κ2) is 4.06. The van der Waals surface area contributed by atoms with Crippen LogP contribution in [0.3, 0.4) is 0 Å². The molecule has 1 aliphatic rings. The lowest BCUT2D eigenvalue weighted by molar-refractivity contribution is -0.121. The first kappa shape index (κ1) is 8.99. The van der Waals surface area contributed by atoms with Crippen LogP contribution < -0.4 is 10.6 Å². The van der Waals surface area contributed by atoms with Gasteiger partial charge in [0.05, 0.1) is 6.61 Å². The minimum absolute atomic E-state index is 0.255. The number of urea groups is 1. The molecule has 1 atom stereocenters. The van der Waals surface area contributed by atoms with Gasteiger partial charge < -0.3 is 10.1 Å². The molecule has 0 bridgehead atoms. The van der Waals surface area contributed by atoms with Gasteiger partial charge in [-0.1, -0.05) is 6.92 Å². The van der Waals surface area contributed by atoms with Gasteiger partial charge in [-0.15, -0.1) is 0 Å². The lowest BCUT2D eigenvalue weighted by Crippen LogP contribution is -2.33. The maximum atomic E-state index is 10.9. The lowest BCUT2D eigenvalue weighted by Gasteiger charge is -2.06. The summed E-state index contributed by atoms with van der Waals surface area (Å²) in [6.45, 7) is 2.85. The van der Waals surface area contributed by atoms with Crippen molar-refractivity contribution in [2.24, 2.45) is 0 Å². The van der Waals surface area contributed by atoms with Crippen molar-refractivity contribution in [2.75, 3.05) is 13.2 Å². The molecule has 12 heavy (non-hydrogen) atoms. The van der Waals surface area contributed by atoms with Gasteiger partial charge in [0.15, 0.2) is 0 Å². The lowest BCUT2D eigenvalue weighted by atomic mass is 10.3. The standard InChI is InChI=1S/C7H12N2O3/c1-2-3-12-4-5-6(10)9-7(11)8-5/h5H,2-4H2,1H3,(H2,8,9,10,11). The number of nitrogens with one attached hydrogen (secondary N) is 2. The molecule has 2 N–H and O–H groups in total. The second-order valence-corrected chi connectivity index (χ2v) is 2.59. The molecular formula is C7H12N2O3. The molecule has 1 unspecified atom stereocenters. The Balaban J connectivity index is 2.24. The molecule has 1 saturated heterocycles. The number of carbonyl (C=O) groups excluding carboxylic acids is 2. The van der Waals surface area contributed by atoms with Crippen molar-refractivity contribution >= 4 is 11.9 Å². The van der Waals surface area contributed by atoms with E-state index >= 15 is 0 Å². The molecule has 0 aromatic carbocycles. The number of carbonyl (C=O) groups is 2. The van der Waals surface area contributed by atoms with Crippen molar-refractivity contribution in [1.29, 1.82) is 0 Å². The Morgan fingerprint density at radius 1 is 1.50 bits per heavy atom. The first-order valence-electron chi connectivity index (χ1n) is 3.93. The normalized spacial score (nSPS) is 22.2. The second-order valence-electron chi connectivity index (χ2n) is 2.59. The third kappa shape index (κ3) is 2.20. The zero-order valence-electron chi connectivity index (χ0n) is 6.92. The smallest absolute Gasteiger partial charge is 0.322 e. The van der Waals surface area contributed by atoms with E-state index in [1.165, 1.54) is 0 Å². The minimum Gasteiger partial charge on any atom is -0.379 e. The maximum absolute atomic E-state index is 10.9. The Morgan fingerprint density at radius 2 is 2.25 bits per heavy atom. The van der Waals surface area contributed by atoms with Gasteiger partial charge in [0.2, 0.25) is 0 Å². The van der Waals surface area contributed by atoms with E-state index in [1.807, 2.05) is 6.92 Å². The molecule has 1 heterocycles. The Morgan fingerprint density at radius 3 is 2.75 bits per heavy atom. The summed E-state index contributed by atoms with van der Waals surface area (Å²) in [5.41, 5.74) is 0. The number of ether oxygens (including phenoxy) is 1. The molecule has 1 aliphatic heterocycles. The number of hydrogen-bond acceptors (Lipinski definition) is 3. The molecule has 5 heteroatoms. The summed E-state index contributed by atoms with van der Waals surface area (Å²) in [6, 6.07) is -0.950. The fourth-order valence-electron chi connectivity index (χ4n) is 0.922. The molecule has 5 nitrogen and oxygen atoms in total. The van der Waals surface area contributed by atoms with Crippen molar-refractivity contribution in [1.82, 2.24) is 10.6 Å². The zero-order chi connectivity index (χ0) is 8.97. The van der Waals surface area contributed by atoms with E-state index in [0.29, 0.717) is 6.61 Å². The van der Waals surface area contributed by atoms with Crippen LogP contribution in [0.25, 0.3) is 0 Å². The van der Waals surface area contributed by atoms with Crippen molar-refractivity contribution in [2.45, 2.75) is 19.4 Å². The molecule has 0 aromatic rings. The van der Waals surface area contributed by atoms with Crippen LogP contribution in [0.4, 0.5) is 4.79 Å². The SMILES string of the molecule is CCCOCC1NC(=O)NC1=O. The van der Waals surface area contributed by atoms with E-state index in [1.54, 1.807) is 0 Å². The summed E-state index contributed by atoms with van der Waals surface area (Å²) in [5.74, 6) is -0.309. The average molecular weight is 172 g/mol. The molecule has 0 radical (unpaired) electrons. The van der Waals surface area contributed by atoms with Gasteiger partial charge in [-0.25, -0.2) is 4.79 Å². The molecule has 0 aliphatic carbocycles. The van der Waals surface area contributed by atoms with Crippen LogP contribution >= 0.6 is 0 Å². The van der Waals surface area contributed by atoms with E-state index in [0.717, 1.165) is 6.42 Å². The van der Waals surface area contributed by atoms with E-state index in [9.17, 15) is 9.59 Å². The monoisotopic (exact) mass is 172 g/mol. The topological polar surface area (TPSA) is 67.4 Å². The summed E-state index contributed by atoms with van der Waals surface area (Å²) in [5, 5.41) is 4.56. The van der Waals surface area contributed by atoms with Gasteiger partial charge in [-0.2, -0.15) is 0 Å². The summed E-state index contributed by atoms with van der Waals surface area (Å²) in [6.07, 6.45) is 0.905. The highest BCUT2D eigenvalue weighted by atomic mass is 16.5. The van der Waals surface area contributed by atoms with Crippen molar-refractivity contribution < 1.29 is 14.3 Å². The van der Waals surface area contributed by atoms with Gasteiger partial charge in [0.25, 0.3) is 5.91 Å². The largest absolute Gasteiger partial charge is 0.379 e. The van der Waals surface area contributed by atoms with Crippen molar-refractivity contribution in [3.8, 4) is 0 Å². The number of hydrogen-bond donors (Lipinski definition) is 2. The molecule has 0 saturated carbocycles. The summed E-state index contributed by atoms with van der Waals surface area (Å²) in [4.78, 5) is 21.5. The Hall–Kier alpha value is -1.10. The number of amides is 3. The Bertz CT molecular complexity index is 193. The molecular weight excluding hydrogens is 160 g/mol. The minimum atomic E-state index is -0.510. The third-order valence-corrected chi connectivity index (χ3v) is 1.49. The van der Waals surface area contributed by atoms with Crippen molar-refractivity contribution in [3.05, 3.63) is 0 Å². The van der Waals surface area contributed by atoms with Crippen LogP contribution in [0.15, 0.2) is 0 Å². The summed E-state index contributed by atoms with van der Waals surface area (Å²) < 4.78 is 5.11. The van der Waals surface area contributed by atoms with E-state index < -0.39 is 12.1 Å². The number of rotatable bonds is 4. The average Bonchev–Trinajstić information content (AvgIpc) is 2.31. The van der Waals surface area contributed by atoms with Gasteiger partial charge in [-0.3, -0.25) is 10.1 Å². The van der Waals surface area contributed by atoms with Crippen LogP contribution in [0.2, 0.25) is 0 Å². The third-order valence-electron chi connectivity index (χ3n) is 1.49. The quantitative estimate of drug-likeness (QED) is 0.448. The molecule has 68 valence electrons. The summed E-state index contributed by atoms with van der Waals surface area (Å²) in [7, 11) is 0. The fourth-order valence-corrected chi connectivity index (χ4v) is 0.922. The highest BCUT2D eigenvalue weighted by Crippen LogP contribution is 1.94. The van der Waals surface area contributed by atoms with Gasteiger partial charge in [0.1, 0.15) is 6.04 Å². The molecule has 0 spiro atoms. The molecule has 1 fully saturated rings. The molecule has 3 amide bonds. The fraction of sp³-hybridized carbons (Fsp3) is 0.714. The van der Waals surface area contributed by atoms with Crippen LogP contribution in [0, 0.1) is 0 Å². The highest BCUT2D eigenvalue weighted by Gasteiger charge is 2.29. The van der Waals surface area contributed by atoms with Crippen LogP contribution in [-0.2, 0) is 9.53 Å². The predicted molar refractivity (Wildman–Crippen MR) is 41.6 cm³/mol. The Kier molecular flexibility index (Phi) is 3.04. The van der Waals surface area contributed by atoms with Gasteiger partial charge in [-0.05, 0) is 6.42 Å². The molecule has 0 aromatic heterocycles. The van der Waals surface area contributed by atoms with Crippen molar-refractivity contribution in [3.63, 3.8) is 0 Å². The zero-order valence-corrected chi connectivity index (χ0v) is 6.92. The van der Waals surface area contributed by atoms with Gasteiger partial charge in [0, 0.05) is 6.61 Å². The van der Waals surface area contributed by atoms with Crippen LogP contribution in [0.1, 0.15) is 13.3 Å². The van der Waals surface area contributed by atoms with E-state index in [4.69, 9.17) is 4.74 Å². The van der Waals surface area contributed by atoms with Gasteiger partial charge >= 0.3 is 6.03 Å². The van der Waals surface area contributed by atoms with Crippen LogP contribution in [0.5, 0.6) is 0 Å². The van der Waals surface area contributed by atoms with Crippen LogP contribution in [-0.4, -0.2) is 31.2 Å². The Labute approximate surface area is 70.5 Å². The van der Waals surface area contributed by atoms with E-state index in [2.05, 4.69) is 10.6 Å². The maximum Gasteiger partial charge on any atom is 0.322 e. The summed E-state index contributed by atoms with van der Waals surface area (Å²) >= 11 is 0.